The maximum absolute atomic E-state index is 11.5. The Bertz CT molecular complexity index is 1100. The summed E-state index contributed by atoms with van der Waals surface area (Å²) in [5.74, 6) is 1.21. The van der Waals surface area contributed by atoms with E-state index in [0.29, 0.717) is 28.1 Å². The Balaban J connectivity index is 1.59. The first-order chi connectivity index (χ1) is 12.1. The summed E-state index contributed by atoms with van der Waals surface area (Å²) in [6.45, 7) is 1.88. The number of thiophene rings is 1. The van der Waals surface area contributed by atoms with Crippen LogP contribution in [-0.4, -0.2) is 10.1 Å². The highest BCUT2D eigenvalue weighted by atomic mass is 35.5. The fourth-order valence-electron chi connectivity index (χ4n) is 2.39. The van der Waals surface area contributed by atoms with Crippen LogP contribution in [0.15, 0.2) is 49.4 Å². The monoisotopic (exact) mass is 374 g/mol. The van der Waals surface area contributed by atoms with Gasteiger partial charge in [0.15, 0.2) is 6.61 Å². The number of fused-ring (bicyclic) bond motifs is 1. The molecule has 0 saturated carbocycles. The van der Waals surface area contributed by atoms with E-state index in [-0.39, 0.29) is 6.61 Å². The van der Waals surface area contributed by atoms with Crippen molar-refractivity contribution < 1.29 is 13.7 Å². The minimum absolute atomic E-state index is 0.0552. The van der Waals surface area contributed by atoms with Crippen LogP contribution in [0.3, 0.4) is 0 Å². The summed E-state index contributed by atoms with van der Waals surface area (Å²) >= 11 is 7.78. The zero-order valence-electron chi connectivity index (χ0n) is 13.0. The smallest absolute Gasteiger partial charge is 0.336 e. The second-order valence-electron chi connectivity index (χ2n) is 5.30. The van der Waals surface area contributed by atoms with E-state index in [0.717, 1.165) is 15.8 Å². The summed E-state index contributed by atoms with van der Waals surface area (Å²) in [6.07, 6.45) is 0. The number of hydrogen-bond acceptors (Lipinski definition) is 7. The van der Waals surface area contributed by atoms with Gasteiger partial charge in [-0.15, -0.1) is 11.3 Å². The number of aryl methyl sites for hydroxylation is 1. The van der Waals surface area contributed by atoms with Crippen LogP contribution in [0.4, 0.5) is 0 Å². The molecule has 0 aliphatic rings. The minimum Gasteiger partial charge on any atom is -0.482 e. The highest BCUT2D eigenvalue weighted by molar-refractivity contribution is 7.13. The van der Waals surface area contributed by atoms with Gasteiger partial charge in [0.1, 0.15) is 11.3 Å². The van der Waals surface area contributed by atoms with Crippen molar-refractivity contribution in [3.05, 3.63) is 62.6 Å². The maximum atomic E-state index is 11.5. The van der Waals surface area contributed by atoms with Gasteiger partial charge in [-0.2, -0.15) is 4.98 Å². The lowest BCUT2D eigenvalue weighted by Gasteiger charge is -2.08. The maximum Gasteiger partial charge on any atom is 0.336 e. The lowest BCUT2D eigenvalue weighted by Crippen LogP contribution is -2.00. The third kappa shape index (κ3) is 3.16. The molecule has 0 saturated heterocycles. The van der Waals surface area contributed by atoms with E-state index < -0.39 is 5.63 Å². The van der Waals surface area contributed by atoms with Crippen LogP contribution < -0.4 is 10.4 Å². The molecule has 0 unspecified atom stereocenters. The zero-order chi connectivity index (χ0) is 17.4. The van der Waals surface area contributed by atoms with Gasteiger partial charge in [-0.1, -0.05) is 22.8 Å². The Labute approximate surface area is 150 Å². The summed E-state index contributed by atoms with van der Waals surface area (Å²) in [5, 5.41) is 7.02. The van der Waals surface area contributed by atoms with Gasteiger partial charge in [0, 0.05) is 17.5 Å². The summed E-state index contributed by atoms with van der Waals surface area (Å²) in [4.78, 5) is 16.7. The Morgan fingerprint density at radius 3 is 3.00 bits per heavy atom. The SMILES string of the molecule is Cc1cc(=O)oc2cc(OCc3nc(-c4cccs4)no3)c(Cl)cc12. The van der Waals surface area contributed by atoms with Crippen molar-refractivity contribution in [1.82, 2.24) is 10.1 Å². The van der Waals surface area contributed by atoms with Gasteiger partial charge in [-0.05, 0) is 30.0 Å². The number of ether oxygens (including phenoxy) is 1. The highest BCUT2D eigenvalue weighted by Crippen LogP contribution is 2.31. The van der Waals surface area contributed by atoms with Crippen LogP contribution in [0.25, 0.3) is 21.7 Å². The zero-order valence-corrected chi connectivity index (χ0v) is 14.6. The van der Waals surface area contributed by atoms with Crippen molar-refractivity contribution >= 4 is 33.9 Å². The second kappa shape index (κ2) is 6.34. The summed E-state index contributed by atoms with van der Waals surface area (Å²) in [6, 6.07) is 8.53. The first-order valence-electron chi connectivity index (χ1n) is 7.33. The number of halogens is 1. The molecular weight excluding hydrogens is 364 g/mol. The van der Waals surface area contributed by atoms with Gasteiger partial charge in [0.2, 0.25) is 5.82 Å². The van der Waals surface area contributed by atoms with E-state index >= 15 is 0 Å². The number of benzene rings is 1. The molecule has 25 heavy (non-hydrogen) atoms. The standard InChI is InChI=1S/C17H11ClN2O4S/c1-9-5-16(21)23-12-7-13(11(18)6-10(9)12)22-8-15-19-17(20-24-15)14-3-2-4-25-14/h2-7H,8H2,1H3. The molecule has 0 radical (unpaired) electrons. The first-order valence-corrected chi connectivity index (χ1v) is 8.59. The average Bonchev–Trinajstić information content (AvgIpc) is 3.25. The third-order valence-electron chi connectivity index (χ3n) is 3.56. The Kier molecular flexibility index (Phi) is 4.03. The number of aromatic nitrogens is 2. The van der Waals surface area contributed by atoms with Crippen LogP contribution in [0.2, 0.25) is 5.02 Å². The number of hydrogen-bond donors (Lipinski definition) is 0. The molecular formula is C17H11ClN2O4S. The van der Waals surface area contributed by atoms with Crippen LogP contribution in [0.5, 0.6) is 5.75 Å². The largest absolute Gasteiger partial charge is 0.482 e. The van der Waals surface area contributed by atoms with Crippen molar-refractivity contribution in [2.45, 2.75) is 13.5 Å². The van der Waals surface area contributed by atoms with E-state index in [9.17, 15) is 4.79 Å². The molecule has 8 heteroatoms. The van der Waals surface area contributed by atoms with Gasteiger partial charge in [-0.25, -0.2) is 4.79 Å². The molecule has 0 spiro atoms. The molecule has 3 heterocycles. The topological polar surface area (TPSA) is 78.4 Å². The third-order valence-corrected chi connectivity index (χ3v) is 4.73. The van der Waals surface area contributed by atoms with Gasteiger partial charge < -0.3 is 13.7 Å². The highest BCUT2D eigenvalue weighted by Gasteiger charge is 2.13. The molecule has 0 aliphatic carbocycles. The molecule has 4 rings (SSSR count). The van der Waals surface area contributed by atoms with Gasteiger partial charge in [-0.3, -0.25) is 0 Å². The molecule has 0 amide bonds. The number of nitrogens with zero attached hydrogens (tertiary/aromatic N) is 2. The quantitative estimate of drug-likeness (QED) is 0.491. The van der Waals surface area contributed by atoms with Crippen molar-refractivity contribution in [3.8, 4) is 16.5 Å². The minimum atomic E-state index is -0.421. The van der Waals surface area contributed by atoms with E-state index in [1.54, 1.807) is 12.1 Å². The van der Waals surface area contributed by atoms with E-state index in [1.165, 1.54) is 17.4 Å². The summed E-state index contributed by atoms with van der Waals surface area (Å²) in [5.41, 5.74) is 0.780. The van der Waals surface area contributed by atoms with Crippen LogP contribution in [0.1, 0.15) is 11.5 Å². The van der Waals surface area contributed by atoms with Crippen LogP contribution in [0, 0.1) is 6.92 Å². The predicted molar refractivity (Wildman–Crippen MR) is 94.2 cm³/mol. The predicted octanol–water partition coefficient (Wildman–Crippen LogP) is 4.45. The van der Waals surface area contributed by atoms with Gasteiger partial charge in [0.25, 0.3) is 5.89 Å². The molecule has 1 aromatic carbocycles. The molecule has 126 valence electrons. The van der Waals surface area contributed by atoms with E-state index in [2.05, 4.69) is 10.1 Å². The van der Waals surface area contributed by atoms with E-state index in [4.69, 9.17) is 25.3 Å². The lowest BCUT2D eigenvalue weighted by atomic mass is 10.1. The van der Waals surface area contributed by atoms with Crippen LogP contribution in [-0.2, 0) is 6.61 Å². The van der Waals surface area contributed by atoms with Gasteiger partial charge in [0.05, 0.1) is 9.90 Å². The molecule has 0 bridgehead atoms. The fraction of sp³-hybridized carbons (Fsp3) is 0.118. The van der Waals surface area contributed by atoms with Crippen molar-refractivity contribution in [1.29, 1.82) is 0 Å². The van der Waals surface area contributed by atoms with Gasteiger partial charge >= 0.3 is 5.63 Å². The average molecular weight is 375 g/mol. The Hall–Kier alpha value is -2.64. The molecule has 0 aliphatic heterocycles. The summed E-state index contributed by atoms with van der Waals surface area (Å²) in [7, 11) is 0. The summed E-state index contributed by atoms with van der Waals surface area (Å²) < 4.78 is 16.0. The lowest BCUT2D eigenvalue weighted by molar-refractivity contribution is 0.243. The molecule has 0 atom stereocenters. The Morgan fingerprint density at radius 1 is 1.32 bits per heavy atom. The Morgan fingerprint density at radius 2 is 2.20 bits per heavy atom. The van der Waals surface area contributed by atoms with E-state index in [1.807, 2.05) is 24.4 Å². The van der Waals surface area contributed by atoms with Crippen molar-refractivity contribution in [3.63, 3.8) is 0 Å². The van der Waals surface area contributed by atoms with Crippen molar-refractivity contribution in [2.24, 2.45) is 0 Å². The van der Waals surface area contributed by atoms with Crippen LogP contribution >= 0.6 is 22.9 Å². The molecule has 0 fully saturated rings. The first kappa shape index (κ1) is 15.9. The normalized spacial score (nSPS) is 11.1. The molecule has 4 aromatic rings. The number of rotatable bonds is 4. The van der Waals surface area contributed by atoms with Crippen molar-refractivity contribution in [2.75, 3.05) is 0 Å². The molecule has 6 nitrogen and oxygen atoms in total. The fourth-order valence-corrected chi connectivity index (χ4v) is 3.26. The molecule has 0 N–H and O–H groups in total. The second-order valence-corrected chi connectivity index (χ2v) is 6.66. The molecule has 3 aromatic heterocycles.